The third-order valence-electron chi connectivity index (χ3n) is 2.31. The molecule has 0 spiro atoms. The molecule has 1 aromatic carbocycles. The first-order valence-electron chi connectivity index (χ1n) is 5.22. The summed E-state index contributed by atoms with van der Waals surface area (Å²) in [5.74, 6) is -1.73. The minimum atomic E-state index is -5.01. The fraction of sp³-hybridized carbons (Fsp3) is 0.300. The molecule has 11 heteroatoms. The molecule has 21 heavy (non-hydrogen) atoms. The second-order valence-corrected chi connectivity index (χ2v) is 5.95. The van der Waals surface area contributed by atoms with Gasteiger partial charge in [-0.2, -0.15) is 17.9 Å². The van der Waals surface area contributed by atoms with Gasteiger partial charge in [-0.15, -0.1) is 0 Å². The highest BCUT2D eigenvalue weighted by Gasteiger charge is 2.38. The van der Waals surface area contributed by atoms with Crippen molar-refractivity contribution in [3.8, 4) is 0 Å². The summed E-state index contributed by atoms with van der Waals surface area (Å²) in [5.41, 5.74) is -1.54. The predicted molar refractivity (Wildman–Crippen MR) is 65.3 cm³/mol. The van der Waals surface area contributed by atoms with E-state index in [1.165, 1.54) is 4.72 Å². The van der Waals surface area contributed by atoms with Crippen molar-refractivity contribution >= 4 is 27.6 Å². The van der Waals surface area contributed by atoms with Gasteiger partial charge in [-0.05, 0) is 18.2 Å². The Bertz CT molecular complexity index is 647. The summed E-state index contributed by atoms with van der Waals surface area (Å²) in [6.07, 6.45) is -5.01. The second-order valence-electron chi connectivity index (χ2n) is 3.83. The van der Waals surface area contributed by atoms with Gasteiger partial charge in [-0.3, -0.25) is 4.79 Å². The molecular weight excluding hydrogens is 339 g/mol. The number of benzene rings is 1. The number of carbonyl (C=O) groups is 1. The quantitative estimate of drug-likeness (QED) is 0.739. The lowest BCUT2D eigenvalue weighted by atomic mass is 10.2. The van der Waals surface area contributed by atoms with Gasteiger partial charge < -0.3 is 10.2 Å². The third-order valence-corrected chi connectivity index (χ3v) is 4.08. The molecule has 0 aromatic heterocycles. The van der Waals surface area contributed by atoms with Crippen molar-refractivity contribution in [1.82, 2.24) is 4.72 Å². The number of carboxylic acid groups (broad SMARTS) is 1. The van der Waals surface area contributed by atoms with E-state index in [1.54, 1.807) is 0 Å². The molecule has 0 bridgehead atoms. The van der Waals surface area contributed by atoms with Crippen LogP contribution in [0.15, 0.2) is 23.1 Å². The van der Waals surface area contributed by atoms with Gasteiger partial charge in [0.2, 0.25) is 10.0 Å². The number of carboxylic acids is 1. The molecule has 0 aliphatic carbocycles. The lowest BCUT2D eigenvalue weighted by molar-refractivity contribution is -0.140. The van der Waals surface area contributed by atoms with E-state index < -0.39 is 45.3 Å². The fourth-order valence-corrected chi connectivity index (χ4v) is 2.93. The first-order valence-corrected chi connectivity index (χ1v) is 7.08. The summed E-state index contributed by atoms with van der Waals surface area (Å²) in [6, 6.07) is -0.0407. The first kappa shape index (κ1) is 17.7. The van der Waals surface area contributed by atoms with Crippen LogP contribution in [0.3, 0.4) is 0 Å². The summed E-state index contributed by atoms with van der Waals surface area (Å²) in [4.78, 5) is 9.46. The summed E-state index contributed by atoms with van der Waals surface area (Å²) >= 11 is 5.41. The van der Waals surface area contributed by atoms with Gasteiger partial charge in [0.25, 0.3) is 0 Å². The van der Waals surface area contributed by atoms with Gasteiger partial charge >= 0.3 is 12.1 Å². The normalized spacial score (nSPS) is 14.0. The number of aliphatic hydroxyl groups excluding tert-OH is 1. The molecule has 1 atom stereocenters. The molecule has 0 saturated carbocycles. The van der Waals surface area contributed by atoms with E-state index in [9.17, 15) is 26.4 Å². The standard InChI is InChI=1S/C10H9ClF3NO5S/c11-5-1-2-8(6(3-5)10(12,13)14)21(19,20)15-7(4-16)9(17)18/h1-3,7,15-16H,4H2,(H,17,18)/t7-/m0/s1. The molecule has 0 amide bonds. The van der Waals surface area contributed by atoms with E-state index in [4.69, 9.17) is 21.8 Å². The number of rotatable bonds is 5. The van der Waals surface area contributed by atoms with E-state index in [0.29, 0.717) is 12.1 Å². The number of hydrogen-bond acceptors (Lipinski definition) is 4. The Morgan fingerprint density at radius 2 is 1.95 bits per heavy atom. The number of alkyl halides is 3. The zero-order chi connectivity index (χ0) is 16.4. The average Bonchev–Trinajstić information content (AvgIpc) is 2.34. The van der Waals surface area contributed by atoms with Crippen LogP contribution in [-0.4, -0.2) is 37.2 Å². The van der Waals surface area contributed by atoms with Crippen molar-refractivity contribution in [1.29, 1.82) is 0 Å². The molecule has 0 saturated heterocycles. The minimum absolute atomic E-state index is 0.335. The van der Waals surface area contributed by atoms with Crippen LogP contribution in [0.1, 0.15) is 5.56 Å². The van der Waals surface area contributed by atoms with Crippen LogP contribution in [0.4, 0.5) is 13.2 Å². The van der Waals surface area contributed by atoms with Crippen molar-refractivity contribution in [3.05, 3.63) is 28.8 Å². The Hall–Kier alpha value is -1.36. The van der Waals surface area contributed by atoms with Crippen molar-refractivity contribution in [2.75, 3.05) is 6.61 Å². The maximum atomic E-state index is 12.8. The van der Waals surface area contributed by atoms with Crippen molar-refractivity contribution in [2.24, 2.45) is 0 Å². The Morgan fingerprint density at radius 3 is 2.38 bits per heavy atom. The van der Waals surface area contributed by atoms with E-state index in [1.807, 2.05) is 0 Å². The van der Waals surface area contributed by atoms with Crippen LogP contribution in [0, 0.1) is 0 Å². The molecule has 6 nitrogen and oxygen atoms in total. The molecule has 3 N–H and O–H groups in total. The van der Waals surface area contributed by atoms with Gasteiger partial charge in [0, 0.05) is 5.02 Å². The molecule has 118 valence electrons. The molecule has 1 aromatic rings. The Morgan fingerprint density at radius 1 is 1.38 bits per heavy atom. The Kier molecular flexibility index (Phi) is 5.20. The molecule has 0 heterocycles. The number of halogens is 4. The molecule has 0 radical (unpaired) electrons. The van der Waals surface area contributed by atoms with Gasteiger partial charge in [0.15, 0.2) is 0 Å². The summed E-state index contributed by atoms with van der Waals surface area (Å²) in [5, 5.41) is 17.0. The van der Waals surface area contributed by atoms with Crippen molar-refractivity contribution < 1.29 is 36.6 Å². The topological polar surface area (TPSA) is 104 Å². The molecule has 1 rings (SSSR count). The fourth-order valence-electron chi connectivity index (χ4n) is 1.37. The lowest BCUT2D eigenvalue weighted by Gasteiger charge is -2.16. The molecule has 0 unspecified atom stereocenters. The van der Waals surface area contributed by atoms with E-state index in [-0.39, 0.29) is 5.02 Å². The highest BCUT2D eigenvalue weighted by molar-refractivity contribution is 7.89. The van der Waals surface area contributed by atoms with Gasteiger partial charge in [-0.1, -0.05) is 11.6 Å². The smallest absolute Gasteiger partial charge is 0.417 e. The highest BCUT2D eigenvalue weighted by Crippen LogP contribution is 2.35. The van der Waals surface area contributed by atoms with Crippen LogP contribution in [0.2, 0.25) is 5.02 Å². The van der Waals surface area contributed by atoms with Crippen LogP contribution in [0.25, 0.3) is 0 Å². The highest BCUT2D eigenvalue weighted by atomic mass is 35.5. The maximum absolute atomic E-state index is 12.8. The monoisotopic (exact) mass is 347 g/mol. The molecular formula is C10H9ClF3NO5S. The summed E-state index contributed by atoms with van der Waals surface area (Å²) in [7, 11) is -4.82. The zero-order valence-corrected chi connectivity index (χ0v) is 11.6. The van der Waals surface area contributed by atoms with Crippen LogP contribution in [0.5, 0.6) is 0 Å². The number of aliphatic carboxylic acids is 1. The summed E-state index contributed by atoms with van der Waals surface area (Å²) in [6.45, 7) is -1.12. The van der Waals surface area contributed by atoms with E-state index in [2.05, 4.69) is 0 Å². The summed E-state index contributed by atoms with van der Waals surface area (Å²) < 4.78 is 63.6. The second kappa shape index (κ2) is 6.18. The average molecular weight is 348 g/mol. The van der Waals surface area contributed by atoms with Crippen molar-refractivity contribution in [2.45, 2.75) is 17.1 Å². The van der Waals surface area contributed by atoms with E-state index in [0.717, 1.165) is 6.07 Å². The van der Waals surface area contributed by atoms with Gasteiger partial charge in [-0.25, -0.2) is 8.42 Å². The van der Waals surface area contributed by atoms with Gasteiger partial charge in [0.1, 0.15) is 6.04 Å². The molecule has 0 aliphatic rings. The van der Waals surface area contributed by atoms with Gasteiger partial charge in [0.05, 0.1) is 17.1 Å². The van der Waals surface area contributed by atoms with Crippen LogP contribution >= 0.6 is 11.6 Å². The first-order chi connectivity index (χ1) is 9.49. The lowest BCUT2D eigenvalue weighted by Crippen LogP contribution is -2.43. The molecule has 0 fully saturated rings. The Labute approximate surface area is 122 Å². The third kappa shape index (κ3) is 4.30. The van der Waals surface area contributed by atoms with Crippen molar-refractivity contribution in [3.63, 3.8) is 0 Å². The SMILES string of the molecule is O=C(O)[C@H](CO)NS(=O)(=O)c1ccc(Cl)cc1C(F)(F)F. The number of hydrogen-bond donors (Lipinski definition) is 3. The Balaban J connectivity index is 3.35. The predicted octanol–water partition coefficient (Wildman–Crippen LogP) is 1.08. The van der Waals surface area contributed by atoms with Crippen LogP contribution < -0.4 is 4.72 Å². The zero-order valence-electron chi connectivity index (χ0n) is 10.1. The number of sulfonamides is 1. The number of aliphatic hydroxyl groups is 1. The number of nitrogens with one attached hydrogen (secondary N) is 1. The molecule has 0 aliphatic heterocycles. The van der Waals surface area contributed by atoms with Crippen LogP contribution in [-0.2, 0) is 21.0 Å². The largest absolute Gasteiger partial charge is 0.480 e. The minimum Gasteiger partial charge on any atom is -0.480 e. The maximum Gasteiger partial charge on any atom is 0.417 e. The van der Waals surface area contributed by atoms with E-state index >= 15 is 0 Å².